The highest BCUT2D eigenvalue weighted by Gasteiger charge is 2.10. The first kappa shape index (κ1) is 20.6. The van der Waals surface area contributed by atoms with Crippen molar-refractivity contribution in [1.29, 1.82) is 0 Å². The molecule has 0 amide bonds. The number of nitrogens with zero attached hydrogens (tertiary/aromatic N) is 1. The average molecular weight is 388 g/mol. The van der Waals surface area contributed by atoms with Crippen molar-refractivity contribution in [3.8, 4) is 11.1 Å². The number of aromatic nitrogens is 1. The van der Waals surface area contributed by atoms with E-state index in [1.807, 2.05) is 25.3 Å². The summed E-state index contributed by atoms with van der Waals surface area (Å²) in [5.41, 5.74) is 15.5. The van der Waals surface area contributed by atoms with Crippen LogP contribution in [-0.2, 0) is 4.74 Å². The molecule has 3 N–H and O–H groups in total. The summed E-state index contributed by atoms with van der Waals surface area (Å²) < 4.78 is 5.41. The summed E-state index contributed by atoms with van der Waals surface area (Å²) in [6.07, 6.45) is 11.6. The van der Waals surface area contributed by atoms with Crippen LogP contribution in [0.3, 0.4) is 0 Å². The summed E-state index contributed by atoms with van der Waals surface area (Å²) in [6.45, 7) is 13.8. The summed E-state index contributed by atoms with van der Waals surface area (Å²) >= 11 is 0. The molecule has 1 aromatic carbocycles. The van der Waals surface area contributed by atoms with Crippen molar-refractivity contribution in [2.24, 2.45) is 0 Å². The summed E-state index contributed by atoms with van der Waals surface area (Å²) in [5, 5.41) is 3.38. The van der Waals surface area contributed by atoms with E-state index in [1.165, 1.54) is 5.57 Å². The van der Waals surface area contributed by atoms with Crippen LogP contribution in [0.2, 0.25) is 0 Å². The number of pyridine rings is 1. The lowest BCUT2D eigenvalue weighted by Gasteiger charge is -2.16. The molecule has 1 aliphatic rings. The average Bonchev–Trinajstić information content (AvgIpc) is 2.68. The fraction of sp³-hybridized carbons (Fsp3) is 0.240. The molecule has 1 aromatic heterocycles. The molecule has 0 bridgehead atoms. The van der Waals surface area contributed by atoms with Crippen molar-refractivity contribution >= 4 is 17.8 Å². The zero-order chi connectivity index (χ0) is 20.8. The Labute approximate surface area is 173 Å². The molecule has 3 rings (SSSR count). The number of hydrogen-bond acceptors (Lipinski definition) is 4. The Morgan fingerprint density at radius 1 is 1.28 bits per heavy atom. The van der Waals surface area contributed by atoms with Crippen LogP contribution in [0.1, 0.15) is 36.5 Å². The van der Waals surface area contributed by atoms with E-state index in [4.69, 9.17) is 10.5 Å². The van der Waals surface area contributed by atoms with Crippen LogP contribution in [0.15, 0.2) is 66.8 Å². The Kier molecular flexibility index (Phi) is 6.68. The molecule has 29 heavy (non-hydrogen) atoms. The summed E-state index contributed by atoms with van der Waals surface area (Å²) in [4.78, 5) is 4.26. The molecule has 1 fully saturated rings. The number of nitrogens with one attached hydrogen (secondary N) is 1. The Morgan fingerprint density at radius 2 is 2.03 bits per heavy atom. The highest BCUT2D eigenvalue weighted by molar-refractivity contribution is 5.82. The van der Waals surface area contributed by atoms with Gasteiger partial charge in [0.15, 0.2) is 0 Å². The molecule has 0 atom stereocenters. The lowest BCUT2D eigenvalue weighted by atomic mass is 9.95. The first-order valence-corrected chi connectivity index (χ1v) is 9.86. The van der Waals surface area contributed by atoms with E-state index in [0.717, 1.165) is 65.3 Å². The number of hydrogen-bond donors (Lipinski definition) is 2. The van der Waals surface area contributed by atoms with E-state index in [9.17, 15) is 0 Å². The van der Waals surface area contributed by atoms with Gasteiger partial charge in [-0.1, -0.05) is 24.8 Å². The van der Waals surface area contributed by atoms with E-state index in [1.54, 1.807) is 12.3 Å². The third-order valence-corrected chi connectivity index (χ3v) is 5.04. The highest BCUT2D eigenvalue weighted by Crippen LogP contribution is 2.30. The number of benzene rings is 1. The lowest BCUT2D eigenvalue weighted by Crippen LogP contribution is -2.11. The Morgan fingerprint density at radius 3 is 2.72 bits per heavy atom. The van der Waals surface area contributed by atoms with Gasteiger partial charge in [0.25, 0.3) is 0 Å². The minimum Gasteiger partial charge on any atom is -0.398 e. The van der Waals surface area contributed by atoms with Crippen molar-refractivity contribution in [2.75, 3.05) is 18.9 Å². The van der Waals surface area contributed by atoms with E-state index < -0.39 is 0 Å². The quantitative estimate of drug-likeness (QED) is 0.644. The summed E-state index contributed by atoms with van der Waals surface area (Å²) in [6, 6.07) is 6.11. The van der Waals surface area contributed by atoms with Crippen LogP contribution in [0.5, 0.6) is 0 Å². The maximum Gasteiger partial charge on any atom is 0.0503 e. The summed E-state index contributed by atoms with van der Waals surface area (Å²) in [5.74, 6) is 0. The fourth-order valence-electron chi connectivity index (χ4n) is 3.56. The molecule has 1 aliphatic heterocycles. The first-order valence-electron chi connectivity index (χ1n) is 9.86. The van der Waals surface area contributed by atoms with Crippen LogP contribution >= 0.6 is 0 Å². The van der Waals surface area contributed by atoms with Crippen molar-refractivity contribution in [2.45, 2.75) is 26.7 Å². The van der Waals surface area contributed by atoms with Crippen LogP contribution in [0, 0.1) is 6.92 Å². The largest absolute Gasteiger partial charge is 0.398 e. The maximum absolute atomic E-state index is 6.34. The molecule has 0 unspecified atom stereocenters. The van der Waals surface area contributed by atoms with Crippen molar-refractivity contribution in [1.82, 2.24) is 10.3 Å². The van der Waals surface area contributed by atoms with Crippen LogP contribution in [-0.4, -0.2) is 18.2 Å². The molecule has 0 radical (unpaired) electrons. The van der Waals surface area contributed by atoms with Crippen LogP contribution in [0.25, 0.3) is 23.3 Å². The lowest BCUT2D eigenvalue weighted by molar-refractivity contribution is 0.119. The number of allylic oxidation sites excluding steroid dienone is 2. The third-order valence-electron chi connectivity index (χ3n) is 5.04. The SMILES string of the molecule is C=Cc1c(N)cc(-c2cnccc2C)cc1/C=C(\C)NC(=C)C=C1CCOCC1. The molecule has 150 valence electrons. The minimum atomic E-state index is 0.697. The monoisotopic (exact) mass is 387 g/mol. The van der Waals surface area contributed by atoms with Gasteiger partial charge in [-0.05, 0) is 73.7 Å². The summed E-state index contributed by atoms with van der Waals surface area (Å²) in [7, 11) is 0. The van der Waals surface area contributed by atoms with Gasteiger partial charge in [0, 0.05) is 40.6 Å². The normalized spacial score (nSPS) is 14.4. The van der Waals surface area contributed by atoms with Crippen molar-refractivity contribution < 1.29 is 4.74 Å². The standard InChI is InChI=1S/C25H29N3O/c1-5-23-21(13-19(4)28-18(3)12-20-7-10-29-11-8-20)14-22(15-25(23)26)24-16-27-9-6-17(24)2/h5-6,9,12-16,28H,1,3,7-8,10-11,26H2,2,4H3/b19-13+. The Balaban J connectivity index is 1.89. The third kappa shape index (κ3) is 5.24. The molecule has 0 aliphatic carbocycles. The molecule has 1 saturated heterocycles. The minimum absolute atomic E-state index is 0.697. The van der Waals surface area contributed by atoms with Gasteiger partial charge < -0.3 is 15.8 Å². The zero-order valence-electron chi connectivity index (χ0n) is 17.3. The van der Waals surface area contributed by atoms with Gasteiger partial charge in [0.1, 0.15) is 0 Å². The second-order valence-electron chi connectivity index (χ2n) is 7.36. The number of rotatable bonds is 6. The molecule has 4 nitrogen and oxygen atoms in total. The van der Waals surface area contributed by atoms with E-state index in [-0.39, 0.29) is 0 Å². The maximum atomic E-state index is 6.34. The molecule has 2 aromatic rings. The Bertz CT molecular complexity index is 978. The van der Waals surface area contributed by atoms with Gasteiger partial charge in [-0.3, -0.25) is 4.98 Å². The van der Waals surface area contributed by atoms with Crippen molar-refractivity contribution in [3.05, 3.63) is 83.5 Å². The van der Waals surface area contributed by atoms with E-state index >= 15 is 0 Å². The van der Waals surface area contributed by atoms with Gasteiger partial charge >= 0.3 is 0 Å². The Hall–Kier alpha value is -3.11. The van der Waals surface area contributed by atoms with Gasteiger partial charge in [-0.15, -0.1) is 0 Å². The number of nitrogens with two attached hydrogens (primary N) is 1. The van der Waals surface area contributed by atoms with E-state index in [2.05, 4.69) is 48.6 Å². The molecular weight excluding hydrogens is 358 g/mol. The zero-order valence-corrected chi connectivity index (χ0v) is 17.3. The highest BCUT2D eigenvalue weighted by atomic mass is 16.5. The van der Waals surface area contributed by atoms with Gasteiger partial charge in [-0.25, -0.2) is 0 Å². The molecule has 0 saturated carbocycles. The second-order valence-corrected chi connectivity index (χ2v) is 7.36. The van der Waals surface area contributed by atoms with E-state index in [0.29, 0.717) is 5.69 Å². The molecule has 2 heterocycles. The fourth-order valence-corrected chi connectivity index (χ4v) is 3.56. The number of aryl methyl sites for hydroxylation is 1. The van der Waals surface area contributed by atoms with Crippen molar-refractivity contribution in [3.63, 3.8) is 0 Å². The smallest absolute Gasteiger partial charge is 0.0503 e. The predicted octanol–water partition coefficient (Wildman–Crippen LogP) is 5.48. The predicted molar refractivity (Wildman–Crippen MR) is 123 cm³/mol. The van der Waals surface area contributed by atoms with Crippen LogP contribution < -0.4 is 11.1 Å². The van der Waals surface area contributed by atoms with Gasteiger partial charge in [0.2, 0.25) is 0 Å². The van der Waals surface area contributed by atoms with Gasteiger partial charge in [0.05, 0.1) is 13.2 Å². The number of nitrogen functional groups attached to an aromatic ring is 1. The molecular formula is C25H29N3O. The molecule has 4 heteroatoms. The number of ether oxygens (including phenoxy) is 1. The number of anilines is 1. The first-order chi connectivity index (χ1) is 14.0. The van der Waals surface area contributed by atoms with Crippen LogP contribution in [0.4, 0.5) is 5.69 Å². The van der Waals surface area contributed by atoms with Gasteiger partial charge in [-0.2, -0.15) is 0 Å². The molecule has 0 spiro atoms. The second kappa shape index (κ2) is 9.39. The topological polar surface area (TPSA) is 60.2 Å².